The van der Waals surface area contributed by atoms with E-state index in [1.165, 1.54) is 0 Å². The van der Waals surface area contributed by atoms with Crippen LogP contribution in [-0.4, -0.2) is 58.9 Å². The first-order chi connectivity index (χ1) is 13.0. The number of halogens is 1. The summed E-state index contributed by atoms with van der Waals surface area (Å²) in [4.78, 5) is 16.2. The van der Waals surface area contributed by atoms with Gasteiger partial charge in [0.1, 0.15) is 0 Å². The highest BCUT2D eigenvalue weighted by atomic mass is 79.9. The highest BCUT2D eigenvalue weighted by Gasteiger charge is 2.21. The first kappa shape index (κ1) is 19.8. The molecule has 1 aromatic heterocycles. The number of ether oxygens (including phenoxy) is 1. The van der Waals surface area contributed by atoms with Gasteiger partial charge in [-0.05, 0) is 36.6 Å². The predicted octanol–water partition coefficient (Wildman–Crippen LogP) is 3.80. The molecule has 1 aromatic carbocycles. The zero-order valence-electron chi connectivity index (χ0n) is 15.7. The Balaban J connectivity index is 1.53. The molecule has 2 aromatic rings. The molecule has 1 fully saturated rings. The van der Waals surface area contributed by atoms with Gasteiger partial charge < -0.3 is 14.1 Å². The van der Waals surface area contributed by atoms with Crippen molar-refractivity contribution in [3.63, 3.8) is 0 Å². The van der Waals surface area contributed by atoms with Crippen LogP contribution in [0.5, 0.6) is 0 Å². The van der Waals surface area contributed by atoms with Gasteiger partial charge in [0.25, 0.3) is 0 Å². The van der Waals surface area contributed by atoms with Crippen LogP contribution in [0.2, 0.25) is 0 Å². The van der Waals surface area contributed by atoms with Gasteiger partial charge in [0.05, 0.1) is 13.2 Å². The van der Waals surface area contributed by atoms with Crippen LogP contribution in [0.15, 0.2) is 33.2 Å². The molecule has 0 saturated carbocycles. The van der Waals surface area contributed by atoms with E-state index in [-0.39, 0.29) is 6.09 Å². The van der Waals surface area contributed by atoms with Crippen LogP contribution in [0, 0.1) is 5.92 Å². The molecule has 1 saturated heterocycles. The number of carbonyl (C=O) groups excluding carboxylic acids is 1. The lowest BCUT2D eigenvalue weighted by atomic mass is 10.2. The molecular weight excluding hydrogens is 412 g/mol. The fraction of sp³-hybridized carbons (Fsp3) is 0.526. The molecule has 7 nitrogen and oxygen atoms in total. The van der Waals surface area contributed by atoms with Gasteiger partial charge in [-0.15, -0.1) is 10.2 Å². The van der Waals surface area contributed by atoms with Crippen LogP contribution in [0.4, 0.5) is 4.79 Å². The molecule has 0 spiro atoms. The number of benzene rings is 1. The standard InChI is InChI=1S/C19H25BrN4O3/c1-14(2)13-26-19(25)24-9-3-8-23(10-11-24)12-17-21-22-18(27-17)15-4-6-16(20)7-5-15/h4-7,14H,3,8-13H2,1-2H3. The quantitative estimate of drug-likeness (QED) is 0.709. The maximum Gasteiger partial charge on any atom is 0.409 e. The molecule has 3 rings (SSSR count). The molecule has 1 aliphatic heterocycles. The lowest BCUT2D eigenvalue weighted by Gasteiger charge is -2.21. The molecule has 27 heavy (non-hydrogen) atoms. The van der Waals surface area contributed by atoms with Gasteiger partial charge in [-0.2, -0.15) is 0 Å². The van der Waals surface area contributed by atoms with Crippen molar-refractivity contribution >= 4 is 22.0 Å². The molecule has 0 radical (unpaired) electrons. The van der Waals surface area contributed by atoms with Crippen molar-refractivity contribution in [2.75, 3.05) is 32.8 Å². The number of hydrogen-bond acceptors (Lipinski definition) is 6. The van der Waals surface area contributed by atoms with E-state index in [1.54, 1.807) is 4.90 Å². The van der Waals surface area contributed by atoms with E-state index < -0.39 is 0 Å². The average Bonchev–Trinajstić information content (AvgIpc) is 2.98. The van der Waals surface area contributed by atoms with Crippen LogP contribution in [-0.2, 0) is 11.3 Å². The number of rotatable bonds is 5. The Morgan fingerprint density at radius 2 is 1.96 bits per heavy atom. The van der Waals surface area contributed by atoms with E-state index in [1.807, 2.05) is 38.1 Å². The Hall–Kier alpha value is -1.93. The van der Waals surface area contributed by atoms with Crippen molar-refractivity contribution in [3.05, 3.63) is 34.6 Å². The summed E-state index contributed by atoms with van der Waals surface area (Å²) in [6, 6.07) is 7.77. The molecule has 1 amide bonds. The third-order valence-electron chi connectivity index (χ3n) is 4.30. The molecule has 146 valence electrons. The predicted molar refractivity (Wildman–Crippen MR) is 105 cm³/mol. The van der Waals surface area contributed by atoms with Crippen molar-refractivity contribution in [2.45, 2.75) is 26.8 Å². The highest BCUT2D eigenvalue weighted by molar-refractivity contribution is 9.10. The summed E-state index contributed by atoms with van der Waals surface area (Å²) in [7, 11) is 0. The van der Waals surface area contributed by atoms with E-state index in [0.29, 0.717) is 43.9 Å². The fourth-order valence-electron chi connectivity index (χ4n) is 2.86. The molecule has 0 bridgehead atoms. The maximum absolute atomic E-state index is 12.1. The Bertz CT molecular complexity index is 748. The van der Waals surface area contributed by atoms with Gasteiger partial charge in [0.2, 0.25) is 11.8 Å². The Kier molecular flexibility index (Phi) is 6.84. The van der Waals surface area contributed by atoms with Crippen molar-refractivity contribution in [2.24, 2.45) is 5.92 Å². The lowest BCUT2D eigenvalue weighted by Crippen LogP contribution is -2.36. The molecule has 1 aliphatic rings. The SMILES string of the molecule is CC(C)COC(=O)N1CCCN(Cc2nnc(-c3ccc(Br)cc3)o2)CC1. The van der Waals surface area contributed by atoms with Crippen LogP contribution in [0.1, 0.15) is 26.2 Å². The zero-order valence-corrected chi connectivity index (χ0v) is 17.3. The molecule has 2 heterocycles. The summed E-state index contributed by atoms with van der Waals surface area (Å²) in [6.45, 7) is 8.09. The number of aromatic nitrogens is 2. The van der Waals surface area contributed by atoms with Gasteiger partial charge in [0, 0.05) is 36.2 Å². The minimum absolute atomic E-state index is 0.221. The topological polar surface area (TPSA) is 71.7 Å². The molecule has 0 N–H and O–H groups in total. The summed E-state index contributed by atoms with van der Waals surface area (Å²) in [5.74, 6) is 1.45. The number of carbonyl (C=O) groups is 1. The largest absolute Gasteiger partial charge is 0.449 e. The van der Waals surface area contributed by atoms with Crippen molar-refractivity contribution in [1.82, 2.24) is 20.0 Å². The van der Waals surface area contributed by atoms with Gasteiger partial charge >= 0.3 is 6.09 Å². The van der Waals surface area contributed by atoms with E-state index in [2.05, 4.69) is 31.0 Å². The maximum atomic E-state index is 12.1. The van der Waals surface area contributed by atoms with Crippen molar-refractivity contribution in [1.29, 1.82) is 0 Å². The van der Waals surface area contributed by atoms with E-state index in [9.17, 15) is 4.79 Å². The summed E-state index contributed by atoms with van der Waals surface area (Å²) >= 11 is 3.42. The third kappa shape index (κ3) is 5.77. The molecule has 0 atom stereocenters. The average molecular weight is 437 g/mol. The summed E-state index contributed by atoms with van der Waals surface area (Å²) in [5, 5.41) is 8.31. The van der Waals surface area contributed by atoms with E-state index in [4.69, 9.17) is 9.15 Å². The Morgan fingerprint density at radius 1 is 1.19 bits per heavy atom. The first-order valence-corrected chi connectivity index (χ1v) is 10.0. The molecule has 8 heteroatoms. The second-order valence-corrected chi connectivity index (χ2v) is 8.01. The van der Waals surface area contributed by atoms with Crippen molar-refractivity contribution < 1.29 is 13.9 Å². The second-order valence-electron chi connectivity index (χ2n) is 7.10. The zero-order chi connectivity index (χ0) is 19.2. The van der Waals surface area contributed by atoms with Gasteiger partial charge in [0.15, 0.2) is 0 Å². The first-order valence-electron chi connectivity index (χ1n) is 9.23. The summed E-state index contributed by atoms with van der Waals surface area (Å²) in [5.41, 5.74) is 0.895. The van der Waals surface area contributed by atoms with Crippen molar-refractivity contribution in [3.8, 4) is 11.5 Å². The number of hydrogen-bond donors (Lipinski definition) is 0. The van der Waals surface area contributed by atoms with Crippen LogP contribution in [0.3, 0.4) is 0 Å². The van der Waals surface area contributed by atoms with Crippen LogP contribution < -0.4 is 0 Å². The minimum Gasteiger partial charge on any atom is -0.449 e. The second kappa shape index (κ2) is 9.32. The smallest absolute Gasteiger partial charge is 0.409 e. The van der Waals surface area contributed by atoms with Crippen LogP contribution in [0.25, 0.3) is 11.5 Å². The number of nitrogens with zero attached hydrogens (tertiary/aromatic N) is 4. The Morgan fingerprint density at radius 3 is 2.70 bits per heavy atom. The minimum atomic E-state index is -0.221. The molecular formula is C19H25BrN4O3. The Labute approximate surface area is 167 Å². The molecule has 0 unspecified atom stereocenters. The normalized spacial score (nSPS) is 15.8. The molecule has 0 aliphatic carbocycles. The summed E-state index contributed by atoms with van der Waals surface area (Å²) in [6.07, 6.45) is 0.672. The van der Waals surface area contributed by atoms with Gasteiger partial charge in [-0.1, -0.05) is 29.8 Å². The third-order valence-corrected chi connectivity index (χ3v) is 4.83. The number of amides is 1. The van der Waals surface area contributed by atoms with Crippen LogP contribution >= 0.6 is 15.9 Å². The monoisotopic (exact) mass is 436 g/mol. The summed E-state index contributed by atoms with van der Waals surface area (Å²) < 4.78 is 12.2. The van der Waals surface area contributed by atoms with E-state index >= 15 is 0 Å². The van der Waals surface area contributed by atoms with Gasteiger partial charge in [-0.25, -0.2) is 4.79 Å². The highest BCUT2D eigenvalue weighted by Crippen LogP contribution is 2.21. The van der Waals surface area contributed by atoms with Gasteiger partial charge in [-0.3, -0.25) is 4.90 Å². The lowest BCUT2D eigenvalue weighted by molar-refractivity contribution is 0.0929. The van der Waals surface area contributed by atoms with E-state index in [0.717, 1.165) is 29.5 Å². The fourth-order valence-corrected chi connectivity index (χ4v) is 3.12.